The Morgan fingerprint density at radius 2 is 1.38 bits per heavy atom. The van der Waals surface area contributed by atoms with Crippen LogP contribution in [0.1, 0.15) is 11.1 Å². The maximum absolute atomic E-state index is 9.51. The summed E-state index contributed by atoms with van der Waals surface area (Å²) < 4.78 is 0. The lowest BCUT2D eigenvalue weighted by Gasteiger charge is -2.13. The first-order valence-electron chi connectivity index (χ1n) is 8.39. The molecule has 0 unspecified atom stereocenters. The minimum Gasteiger partial charge on any atom is -0.396 e. The molecule has 0 saturated carbocycles. The van der Waals surface area contributed by atoms with Crippen molar-refractivity contribution in [3.63, 3.8) is 0 Å². The molecule has 4 aromatic rings. The second-order valence-corrected chi connectivity index (χ2v) is 6.25. The molecule has 0 bridgehead atoms. The number of hydrogen-bond donors (Lipinski definition) is 2. The fourth-order valence-corrected chi connectivity index (χ4v) is 3.68. The van der Waals surface area contributed by atoms with E-state index in [1.807, 2.05) is 0 Å². The zero-order valence-electron chi connectivity index (χ0n) is 13.5. The summed E-state index contributed by atoms with van der Waals surface area (Å²) in [6.45, 7) is 0.311. The molecule has 0 aliphatic rings. The van der Waals surface area contributed by atoms with Crippen LogP contribution in [-0.2, 0) is 12.8 Å². The summed E-state index contributed by atoms with van der Waals surface area (Å²) in [7, 11) is 0. The van der Waals surface area contributed by atoms with Gasteiger partial charge in [0.2, 0.25) is 0 Å². The average molecular weight is 316 g/mol. The standard InChI is InChI=1S/C22H20O2/c23-11-9-15-5-7-20-17(13-15)6-8-21-19-4-2-1-3-16(19)14-18(10-12-24)22(20)21/h1-8,13-14,23-24H,9-12H2. The number of aliphatic hydroxyl groups excluding tert-OH is 2. The lowest BCUT2D eigenvalue weighted by Crippen LogP contribution is -1.95. The van der Waals surface area contributed by atoms with Crippen LogP contribution in [0.3, 0.4) is 0 Å². The van der Waals surface area contributed by atoms with Gasteiger partial charge in [-0.15, -0.1) is 0 Å². The van der Waals surface area contributed by atoms with Crippen LogP contribution in [0.5, 0.6) is 0 Å². The molecule has 0 heterocycles. The first-order chi connectivity index (χ1) is 11.8. The number of fused-ring (bicyclic) bond motifs is 5. The summed E-state index contributed by atoms with van der Waals surface area (Å²) in [5.41, 5.74) is 2.33. The van der Waals surface area contributed by atoms with Gasteiger partial charge < -0.3 is 10.2 Å². The molecule has 4 rings (SSSR count). The van der Waals surface area contributed by atoms with Gasteiger partial charge >= 0.3 is 0 Å². The molecule has 0 radical (unpaired) electrons. The Balaban J connectivity index is 2.11. The van der Waals surface area contributed by atoms with Crippen molar-refractivity contribution in [2.45, 2.75) is 12.8 Å². The highest BCUT2D eigenvalue weighted by Gasteiger charge is 2.10. The highest BCUT2D eigenvalue weighted by Crippen LogP contribution is 2.34. The van der Waals surface area contributed by atoms with E-state index in [0.717, 1.165) is 5.56 Å². The van der Waals surface area contributed by atoms with Crippen LogP contribution in [0, 0.1) is 0 Å². The van der Waals surface area contributed by atoms with Crippen molar-refractivity contribution in [3.8, 4) is 0 Å². The minimum atomic E-state index is 0.145. The van der Waals surface area contributed by atoms with Crippen LogP contribution in [-0.4, -0.2) is 23.4 Å². The number of aliphatic hydroxyl groups is 2. The van der Waals surface area contributed by atoms with Crippen LogP contribution in [0.15, 0.2) is 60.7 Å². The van der Waals surface area contributed by atoms with Gasteiger partial charge in [0, 0.05) is 13.2 Å². The lowest BCUT2D eigenvalue weighted by atomic mass is 9.91. The molecule has 24 heavy (non-hydrogen) atoms. The molecule has 2 heteroatoms. The lowest BCUT2D eigenvalue weighted by molar-refractivity contribution is 0.299. The van der Waals surface area contributed by atoms with E-state index in [0.29, 0.717) is 12.8 Å². The molecule has 0 aliphatic carbocycles. The van der Waals surface area contributed by atoms with Crippen molar-refractivity contribution in [3.05, 3.63) is 71.8 Å². The van der Waals surface area contributed by atoms with Gasteiger partial charge in [-0.25, -0.2) is 0 Å². The fourth-order valence-electron chi connectivity index (χ4n) is 3.68. The Bertz CT molecular complexity index is 1030. The van der Waals surface area contributed by atoms with Crippen molar-refractivity contribution in [2.24, 2.45) is 0 Å². The summed E-state index contributed by atoms with van der Waals surface area (Å²) in [6, 6.07) is 21.4. The summed E-state index contributed by atoms with van der Waals surface area (Å²) in [6.07, 6.45) is 1.33. The fraction of sp³-hybridized carbons (Fsp3) is 0.182. The molecular formula is C22H20O2. The van der Waals surface area contributed by atoms with Gasteiger partial charge in [-0.1, -0.05) is 60.7 Å². The smallest absolute Gasteiger partial charge is 0.0471 e. The molecule has 2 N–H and O–H groups in total. The monoisotopic (exact) mass is 316 g/mol. The SMILES string of the molecule is OCCc1ccc2c(ccc3c4ccccc4cc(CCO)c23)c1. The van der Waals surface area contributed by atoms with Crippen molar-refractivity contribution in [1.82, 2.24) is 0 Å². The molecular weight excluding hydrogens is 296 g/mol. The molecule has 0 aromatic heterocycles. The predicted octanol–water partition coefficient (Wildman–Crippen LogP) is 4.22. The van der Waals surface area contributed by atoms with E-state index in [2.05, 4.69) is 60.7 Å². The Morgan fingerprint density at radius 1 is 0.625 bits per heavy atom. The molecule has 2 nitrogen and oxygen atoms in total. The highest BCUT2D eigenvalue weighted by molar-refractivity contribution is 6.18. The first-order valence-corrected chi connectivity index (χ1v) is 8.39. The van der Waals surface area contributed by atoms with Crippen LogP contribution in [0.2, 0.25) is 0 Å². The van der Waals surface area contributed by atoms with Crippen LogP contribution >= 0.6 is 0 Å². The molecule has 0 atom stereocenters. The molecule has 0 spiro atoms. The maximum atomic E-state index is 9.51. The third-order valence-electron chi connectivity index (χ3n) is 4.77. The zero-order chi connectivity index (χ0) is 16.5. The first kappa shape index (κ1) is 15.1. The molecule has 0 saturated heterocycles. The summed E-state index contributed by atoms with van der Waals surface area (Å²) in [5.74, 6) is 0. The van der Waals surface area contributed by atoms with Crippen molar-refractivity contribution in [1.29, 1.82) is 0 Å². The van der Waals surface area contributed by atoms with Crippen LogP contribution in [0.25, 0.3) is 32.3 Å². The molecule has 4 aromatic carbocycles. The summed E-state index contributed by atoms with van der Waals surface area (Å²) in [5, 5.41) is 26.0. The van der Waals surface area contributed by atoms with E-state index in [4.69, 9.17) is 5.11 Å². The predicted molar refractivity (Wildman–Crippen MR) is 101 cm³/mol. The van der Waals surface area contributed by atoms with Crippen LogP contribution < -0.4 is 0 Å². The molecule has 0 fully saturated rings. The van der Waals surface area contributed by atoms with Gasteiger partial charge in [0.25, 0.3) is 0 Å². The third-order valence-corrected chi connectivity index (χ3v) is 4.77. The van der Waals surface area contributed by atoms with Crippen molar-refractivity contribution >= 4 is 32.3 Å². The number of hydrogen-bond acceptors (Lipinski definition) is 2. The van der Waals surface area contributed by atoms with E-state index >= 15 is 0 Å². The minimum absolute atomic E-state index is 0.145. The quantitative estimate of drug-likeness (QED) is 0.554. The highest BCUT2D eigenvalue weighted by atomic mass is 16.3. The van der Waals surface area contributed by atoms with E-state index in [1.54, 1.807) is 0 Å². The second-order valence-electron chi connectivity index (χ2n) is 6.25. The Labute approximate surface area is 141 Å². The maximum Gasteiger partial charge on any atom is 0.0471 e. The Hall–Kier alpha value is -2.42. The summed E-state index contributed by atoms with van der Waals surface area (Å²) >= 11 is 0. The van der Waals surface area contributed by atoms with Gasteiger partial charge in [-0.2, -0.15) is 0 Å². The van der Waals surface area contributed by atoms with Gasteiger partial charge in [-0.3, -0.25) is 0 Å². The zero-order valence-corrected chi connectivity index (χ0v) is 13.5. The number of benzene rings is 4. The second kappa shape index (κ2) is 6.23. The van der Waals surface area contributed by atoms with Crippen molar-refractivity contribution in [2.75, 3.05) is 13.2 Å². The molecule has 0 amide bonds. The van der Waals surface area contributed by atoms with Gasteiger partial charge in [0.05, 0.1) is 0 Å². The third kappa shape index (κ3) is 2.44. The van der Waals surface area contributed by atoms with Gasteiger partial charge in [-0.05, 0) is 56.3 Å². The number of rotatable bonds is 4. The largest absolute Gasteiger partial charge is 0.396 e. The van der Waals surface area contributed by atoms with E-state index in [-0.39, 0.29) is 13.2 Å². The molecule has 120 valence electrons. The van der Waals surface area contributed by atoms with Crippen molar-refractivity contribution < 1.29 is 10.2 Å². The Kier molecular flexibility index (Phi) is 3.93. The van der Waals surface area contributed by atoms with E-state index in [1.165, 1.54) is 37.9 Å². The van der Waals surface area contributed by atoms with E-state index in [9.17, 15) is 5.11 Å². The van der Waals surface area contributed by atoms with Gasteiger partial charge in [0.15, 0.2) is 0 Å². The molecule has 0 aliphatic heterocycles. The van der Waals surface area contributed by atoms with Crippen LogP contribution in [0.4, 0.5) is 0 Å². The Morgan fingerprint density at radius 3 is 2.21 bits per heavy atom. The topological polar surface area (TPSA) is 40.5 Å². The normalized spacial score (nSPS) is 11.6. The van der Waals surface area contributed by atoms with E-state index < -0.39 is 0 Å². The van der Waals surface area contributed by atoms with Gasteiger partial charge in [0.1, 0.15) is 0 Å². The average Bonchev–Trinajstić information content (AvgIpc) is 2.61. The summed E-state index contributed by atoms with van der Waals surface area (Å²) in [4.78, 5) is 0.